The van der Waals surface area contributed by atoms with E-state index in [0.717, 1.165) is 17.7 Å². The van der Waals surface area contributed by atoms with Crippen molar-refractivity contribution in [1.82, 2.24) is 10.2 Å². The molecular weight excluding hydrogens is 356 g/mol. The van der Waals surface area contributed by atoms with Gasteiger partial charge in [-0.15, -0.1) is 0 Å². The van der Waals surface area contributed by atoms with Gasteiger partial charge < -0.3 is 15.5 Å². The molecule has 3 amide bonds. The number of amides is 3. The highest BCUT2D eigenvalue weighted by Crippen LogP contribution is 2.15. The first-order valence-corrected chi connectivity index (χ1v) is 8.29. The molecule has 2 aromatic carbocycles. The maximum atomic E-state index is 13.2. The van der Waals surface area contributed by atoms with Gasteiger partial charge in [0.2, 0.25) is 17.7 Å². The second-order valence-corrected chi connectivity index (χ2v) is 6.21. The molecule has 1 atom stereocenters. The van der Waals surface area contributed by atoms with Crippen LogP contribution < -0.4 is 10.6 Å². The van der Waals surface area contributed by atoms with Crippen LogP contribution >= 0.6 is 0 Å². The highest BCUT2D eigenvalue weighted by atomic mass is 19.1. The molecule has 3 rings (SSSR count). The number of anilines is 1. The van der Waals surface area contributed by atoms with Crippen molar-refractivity contribution in [2.75, 3.05) is 11.9 Å². The monoisotopic (exact) mass is 373 g/mol. The normalized spacial score (nSPS) is 16.8. The van der Waals surface area contributed by atoms with E-state index < -0.39 is 23.6 Å². The zero-order chi connectivity index (χ0) is 19.4. The van der Waals surface area contributed by atoms with Crippen molar-refractivity contribution < 1.29 is 23.2 Å². The predicted octanol–water partition coefficient (Wildman–Crippen LogP) is 1.82. The first-order valence-electron chi connectivity index (χ1n) is 8.29. The van der Waals surface area contributed by atoms with Crippen LogP contribution in [-0.4, -0.2) is 35.2 Å². The molecule has 0 aliphatic carbocycles. The summed E-state index contributed by atoms with van der Waals surface area (Å²) in [4.78, 5) is 38.0. The lowest BCUT2D eigenvalue weighted by molar-refractivity contribution is -0.145. The van der Waals surface area contributed by atoms with Gasteiger partial charge in [0.05, 0.1) is 13.0 Å². The summed E-state index contributed by atoms with van der Waals surface area (Å²) in [5.74, 6) is -3.07. The Hall–Kier alpha value is -3.29. The average molecular weight is 373 g/mol. The molecule has 27 heavy (non-hydrogen) atoms. The first kappa shape index (κ1) is 18.5. The number of benzene rings is 2. The van der Waals surface area contributed by atoms with Crippen molar-refractivity contribution in [3.8, 4) is 0 Å². The highest BCUT2D eigenvalue weighted by Gasteiger charge is 2.34. The van der Waals surface area contributed by atoms with E-state index in [4.69, 9.17) is 0 Å². The molecule has 1 aliphatic heterocycles. The van der Waals surface area contributed by atoms with Crippen LogP contribution in [0.5, 0.6) is 0 Å². The first-order chi connectivity index (χ1) is 12.9. The maximum Gasteiger partial charge on any atom is 0.246 e. The third kappa shape index (κ3) is 4.87. The fourth-order valence-corrected chi connectivity index (χ4v) is 2.87. The number of rotatable bonds is 5. The topological polar surface area (TPSA) is 78.5 Å². The molecule has 2 aromatic rings. The van der Waals surface area contributed by atoms with Crippen molar-refractivity contribution in [3.63, 3.8) is 0 Å². The zero-order valence-corrected chi connectivity index (χ0v) is 14.2. The molecule has 0 radical (unpaired) electrons. The van der Waals surface area contributed by atoms with E-state index in [1.165, 1.54) is 4.90 Å². The second-order valence-electron chi connectivity index (χ2n) is 6.21. The summed E-state index contributed by atoms with van der Waals surface area (Å²) >= 11 is 0. The van der Waals surface area contributed by atoms with Crippen molar-refractivity contribution in [3.05, 3.63) is 65.7 Å². The molecule has 2 N–H and O–H groups in total. The molecule has 0 aromatic heterocycles. The van der Waals surface area contributed by atoms with Crippen LogP contribution in [0.4, 0.5) is 14.5 Å². The van der Waals surface area contributed by atoms with Crippen LogP contribution in [0.2, 0.25) is 0 Å². The SMILES string of the molecule is O=C(C[C@H]1NC(=O)CN(Cc2ccccc2)C1=O)Nc1cc(F)cc(F)c1. The smallest absolute Gasteiger partial charge is 0.246 e. The molecule has 1 saturated heterocycles. The van der Waals surface area contributed by atoms with Crippen LogP contribution in [-0.2, 0) is 20.9 Å². The van der Waals surface area contributed by atoms with E-state index in [1.54, 1.807) is 0 Å². The lowest BCUT2D eigenvalue weighted by Gasteiger charge is -2.32. The third-order valence-electron chi connectivity index (χ3n) is 4.03. The van der Waals surface area contributed by atoms with E-state index in [9.17, 15) is 23.2 Å². The third-order valence-corrected chi connectivity index (χ3v) is 4.03. The molecule has 0 saturated carbocycles. The molecule has 0 spiro atoms. The summed E-state index contributed by atoms with van der Waals surface area (Å²) in [7, 11) is 0. The zero-order valence-electron chi connectivity index (χ0n) is 14.2. The summed E-state index contributed by atoms with van der Waals surface area (Å²) in [6, 6.07) is 10.7. The Morgan fingerprint density at radius 1 is 1.11 bits per heavy atom. The molecule has 1 heterocycles. The molecule has 0 bridgehead atoms. The van der Waals surface area contributed by atoms with Crippen LogP contribution in [0.15, 0.2) is 48.5 Å². The van der Waals surface area contributed by atoms with Gasteiger partial charge in [0, 0.05) is 18.3 Å². The van der Waals surface area contributed by atoms with Crippen LogP contribution in [0.1, 0.15) is 12.0 Å². The standard InChI is InChI=1S/C19H17F2N3O3/c20-13-6-14(21)8-15(7-13)22-17(25)9-16-19(27)24(11-18(26)23-16)10-12-4-2-1-3-5-12/h1-8,16H,9-11H2,(H,22,25)(H,23,26)/t16-/m1/s1. The second kappa shape index (κ2) is 7.94. The van der Waals surface area contributed by atoms with E-state index >= 15 is 0 Å². The number of hydrogen-bond acceptors (Lipinski definition) is 3. The largest absolute Gasteiger partial charge is 0.342 e. The number of carbonyl (C=O) groups is 3. The minimum Gasteiger partial charge on any atom is -0.342 e. The number of nitrogens with one attached hydrogen (secondary N) is 2. The fraction of sp³-hybridized carbons (Fsp3) is 0.211. The van der Waals surface area contributed by atoms with Gasteiger partial charge in [0.25, 0.3) is 0 Å². The molecule has 8 heteroatoms. The predicted molar refractivity (Wildman–Crippen MR) is 93.4 cm³/mol. The lowest BCUT2D eigenvalue weighted by Crippen LogP contribution is -2.58. The van der Waals surface area contributed by atoms with Gasteiger partial charge in [-0.05, 0) is 17.7 Å². The van der Waals surface area contributed by atoms with Crippen molar-refractivity contribution in [1.29, 1.82) is 0 Å². The van der Waals surface area contributed by atoms with Crippen molar-refractivity contribution in [2.45, 2.75) is 19.0 Å². The van der Waals surface area contributed by atoms with Crippen LogP contribution in [0, 0.1) is 11.6 Å². The Kier molecular flexibility index (Phi) is 5.44. The molecule has 1 fully saturated rings. The highest BCUT2D eigenvalue weighted by molar-refractivity contribution is 6.00. The molecule has 0 unspecified atom stereocenters. The van der Waals surface area contributed by atoms with Crippen LogP contribution in [0.3, 0.4) is 0 Å². The van der Waals surface area contributed by atoms with E-state index in [-0.39, 0.29) is 37.0 Å². The number of carbonyl (C=O) groups excluding carboxylic acids is 3. The number of piperazine rings is 1. The molecule has 140 valence electrons. The Labute approximate surface area is 154 Å². The Morgan fingerprint density at radius 3 is 2.44 bits per heavy atom. The van der Waals surface area contributed by atoms with Crippen molar-refractivity contribution >= 4 is 23.4 Å². The summed E-state index contributed by atoms with van der Waals surface area (Å²) < 4.78 is 26.4. The van der Waals surface area contributed by atoms with Gasteiger partial charge in [0.1, 0.15) is 17.7 Å². The Balaban J connectivity index is 1.65. The van der Waals surface area contributed by atoms with E-state index in [2.05, 4.69) is 10.6 Å². The fourth-order valence-electron chi connectivity index (χ4n) is 2.87. The minimum absolute atomic E-state index is 0.0618. The summed E-state index contributed by atoms with van der Waals surface area (Å²) in [6.07, 6.45) is -0.339. The number of halogens is 2. The van der Waals surface area contributed by atoms with Gasteiger partial charge in [-0.2, -0.15) is 0 Å². The summed E-state index contributed by atoms with van der Waals surface area (Å²) in [5.41, 5.74) is 0.798. The molecule has 1 aliphatic rings. The quantitative estimate of drug-likeness (QED) is 0.839. The van der Waals surface area contributed by atoms with Gasteiger partial charge >= 0.3 is 0 Å². The number of hydrogen-bond donors (Lipinski definition) is 2. The maximum absolute atomic E-state index is 13.2. The summed E-state index contributed by atoms with van der Waals surface area (Å²) in [5, 5.41) is 4.81. The molecule has 6 nitrogen and oxygen atoms in total. The van der Waals surface area contributed by atoms with Gasteiger partial charge in [-0.1, -0.05) is 30.3 Å². The van der Waals surface area contributed by atoms with Gasteiger partial charge in [0.15, 0.2) is 0 Å². The van der Waals surface area contributed by atoms with Crippen LogP contribution in [0.25, 0.3) is 0 Å². The lowest BCUT2D eigenvalue weighted by atomic mass is 10.1. The Morgan fingerprint density at radius 2 is 1.78 bits per heavy atom. The molecular formula is C19H17F2N3O3. The van der Waals surface area contributed by atoms with Crippen molar-refractivity contribution in [2.24, 2.45) is 0 Å². The average Bonchev–Trinajstić information content (AvgIpc) is 2.59. The summed E-state index contributed by atoms with van der Waals surface area (Å²) in [6.45, 7) is 0.154. The Bertz CT molecular complexity index is 854. The minimum atomic E-state index is -1.03. The van der Waals surface area contributed by atoms with Gasteiger partial charge in [-0.3, -0.25) is 14.4 Å². The van der Waals surface area contributed by atoms with Gasteiger partial charge in [-0.25, -0.2) is 8.78 Å². The van der Waals surface area contributed by atoms with E-state index in [1.807, 2.05) is 30.3 Å². The van der Waals surface area contributed by atoms with E-state index in [0.29, 0.717) is 6.07 Å². The number of nitrogens with zero attached hydrogens (tertiary/aromatic N) is 1.